The average molecular weight is 146 g/mol. The number of aliphatic hydroxyl groups excluding tert-OH is 1. The van der Waals surface area contributed by atoms with Crippen LogP contribution in [0.3, 0.4) is 0 Å². The van der Waals surface area contributed by atoms with Crippen LogP contribution in [0, 0.1) is 5.92 Å². The molecule has 60 valence electrons. The van der Waals surface area contributed by atoms with Gasteiger partial charge in [0.25, 0.3) is 0 Å². The van der Waals surface area contributed by atoms with Crippen LogP contribution in [0.25, 0.3) is 0 Å². The molecule has 0 radical (unpaired) electrons. The summed E-state index contributed by atoms with van der Waals surface area (Å²) in [6, 6.07) is 0. The molecule has 0 fully saturated rings. The normalized spacial score (nSPS) is 13.7. The molecule has 3 nitrogen and oxygen atoms in total. The molecular formula is C7H14O3. The molecule has 0 amide bonds. The van der Waals surface area contributed by atoms with Crippen molar-refractivity contribution >= 4 is 5.78 Å². The fourth-order valence-corrected chi connectivity index (χ4v) is 0.934. The molecule has 2 N–H and O–H groups in total. The Balaban J connectivity index is 3.43. The molecule has 0 aromatic heterocycles. The third-order valence-corrected chi connectivity index (χ3v) is 1.25. The van der Waals surface area contributed by atoms with Gasteiger partial charge in [0.1, 0.15) is 5.78 Å². The topological polar surface area (TPSA) is 57.5 Å². The van der Waals surface area contributed by atoms with Crippen molar-refractivity contribution in [1.82, 2.24) is 0 Å². The van der Waals surface area contributed by atoms with E-state index in [1.54, 1.807) is 0 Å². The Morgan fingerprint density at radius 1 is 1.50 bits per heavy atom. The minimum Gasteiger partial charge on any atom is -0.368 e. The van der Waals surface area contributed by atoms with Crippen LogP contribution in [0.1, 0.15) is 26.7 Å². The summed E-state index contributed by atoms with van der Waals surface area (Å²) < 4.78 is 0. The quantitative estimate of drug-likeness (QED) is 0.561. The van der Waals surface area contributed by atoms with Gasteiger partial charge in [0.2, 0.25) is 0 Å². The van der Waals surface area contributed by atoms with Crippen LogP contribution in [0.5, 0.6) is 0 Å². The second-order valence-corrected chi connectivity index (χ2v) is 2.73. The highest BCUT2D eigenvalue weighted by molar-refractivity contribution is 5.75. The Bertz CT molecular complexity index is 109. The lowest BCUT2D eigenvalue weighted by molar-refractivity contribution is -0.118. The zero-order chi connectivity index (χ0) is 8.15. The van der Waals surface area contributed by atoms with E-state index in [0.717, 1.165) is 0 Å². The minimum absolute atomic E-state index is 0.0671. The van der Waals surface area contributed by atoms with Gasteiger partial charge in [0, 0.05) is 12.8 Å². The minimum atomic E-state index is -1.28. The first-order valence-electron chi connectivity index (χ1n) is 3.38. The monoisotopic (exact) mass is 146 g/mol. The van der Waals surface area contributed by atoms with Gasteiger partial charge in [-0.2, -0.15) is 0 Å². The predicted molar refractivity (Wildman–Crippen MR) is 37.3 cm³/mol. The lowest BCUT2D eigenvalue weighted by Gasteiger charge is -2.09. The molecule has 10 heavy (non-hydrogen) atoms. The predicted octanol–water partition coefficient (Wildman–Crippen LogP) is 0.302. The number of carbonyl (C=O) groups is 1. The zero-order valence-electron chi connectivity index (χ0n) is 6.37. The highest BCUT2D eigenvalue weighted by Crippen LogP contribution is 2.08. The highest BCUT2D eigenvalue weighted by Gasteiger charge is 2.08. The van der Waals surface area contributed by atoms with Gasteiger partial charge in [-0.25, -0.2) is 0 Å². The summed E-state index contributed by atoms with van der Waals surface area (Å²) in [5.74, 6) is 0.158. The lowest BCUT2D eigenvalue weighted by Crippen LogP contribution is -2.12. The van der Waals surface area contributed by atoms with Crippen molar-refractivity contribution < 1.29 is 15.0 Å². The van der Waals surface area contributed by atoms with E-state index in [2.05, 4.69) is 0 Å². The van der Waals surface area contributed by atoms with Crippen molar-refractivity contribution in [3.8, 4) is 0 Å². The third-order valence-electron chi connectivity index (χ3n) is 1.25. The fraction of sp³-hybridized carbons (Fsp3) is 0.857. The van der Waals surface area contributed by atoms with E-state index >= 15 is 0 Å². The van der Waals surface area contributed by atoms with Gasteiger partial charge < -0.3 is 15.0 Å². The van der Waals surface area contributed by atoms with Crippen LogP contribution >= 0.6 is 0 Å². The van der Waals surface area contributed by atoms with Crippen molar-refractivity contribution in [2.75, 3.05) is 0 Å². The van der Waals surface area contributed by atoms with Gasteiger partial charge in [-0.15, -0.1) is 0 Å². The number of ketones is 1. The van der Waals surface area contributed by atoms with Crippen molar-refractivity contribution in [2.45, 2.75) is 33.0 Å². The molecule has 0 saturated heterocycles. The smallest absolute Gasteiger partial charge is 0.151 e. The molecular weight excluding hydrogens is 132 g/mol. The van der Waals surface area contributed by atoms with E-state index in [1.165, 1.54) is 6.92 Å². The molecule has 0 spiro atoms. The van der Waals surface area contributed by atoms with Crippen molar-refractivity contribution in [3.05, 3.63) is 0 Å². The number of carbonyl (C=O) groups excluding carboxylic acids is 1. The fourth-order valence-electron chi connectivity index (χ4n) is 0.934. The van der Waals surface area contributed by atoms with Crippen LogP contribution in [0.2, 0.25) is 0 Å². The molecule has 0 rings (SSSR count). The number of hydrogen-bond donors (Lipinski definition) is 2. The molecule has 0 saturated carbocycles. The summed E-state index contributed by atoms with van der Waals surface area (Å²) in [7, 11) is 0. The number of rotatable bonds is 4. The molecule has 1 atom stereocenters. The van der Waals surface area contributed by atoms with Crippen LogP contribution in [0.15, 0.2) is 0 Å². The van der Waals surface area contributed by atoms with Gasteiger partial charge >= 0.3 is 0 Å². The Morgan fingerprint density at radius 2 is 2.00 bits per heavy atom. The Labute approximate surface area is 60.7 Å². The van der Waals surface area contributed by atoms with Gasteiger partial charge in [-0.3, -0.25) is 0 Å². The molecule has 0 aromatic rings. The summed E-state index contributed by atoms with van der Waals surface area (Å²) in [6.07, 6.45) is -0.577. The summed E-state index contributed by atoms with van der Waals surface area (Å²) >= 11 is 0. The maximum absolute atomic E-state index is 10.5. The number of Topliss-reactive ketones (excluding diaryl/α,β-unsaturated/α-hetero) is 1. The number of hydrogen-bond acceptors (Lipinski definition) is 3. The van der Waals surface area contributed by atoms with E-state index in [9.17, 15) is 4.79 Å². The first kappa shape index (κ1) is 9.59. The standard InChI is InChI=1S/C7H14O3/c1-5(3-6(2)8)4-7(9)10/h5,7,9-10H,3-4H2,1-2H3/t5-/m0/s1. The Hall–Kier alpha value is -0.410. The molecule has 0 heterocycles. The molecule has 3 heteroatoms. The lowest BCUT2D eigenvalue weighted by atomic mass is 10.0. The van der Waals surface area contributed by atoms with E-state index in [4.69, 9.17) is 10.2 Å². The van der Waals surface area contributed by atoms with Crippen molar-refractivity contribution in [2.24, 2.45) is 5.92 Å². The van der Waals surface area contributed by atoms with Gasteiger partial charge in [-0.05, 0) is 12.8 Å². The van der Waals surface area contributed by atoms with Crippen molar-refractivity contribution in [3.63, 3.8) is 0 Å². The maximum atomic E-state index is 10.5. The van der Waals surface area contributed by atoms with Crippen LogP contribution in [-0.4, -0.2) is 22.3 Å². The van der Waals surface area contributed by atoms with Crippen molar-refractivity contribution in [1.29, 1.82) is 0 Å². The third kappa shape index (κ3) is 5.72. The van der Waals surface area contributed by atoms with Gasteiger partial charge in [-0.1, -0.05) is 6.92 Å². The second-order valence-electron chi connectivity index (χ2n) is 2.73. The second kappa shape index (κ2) is 4.41. The molecule has 0 bridgehead atoms. The average Bonchev–Trinajstić information content (AvgIpc) is 1.58. The summed E-state index contributed by atoms with van der Waals surface area (Å²) in [6.45, 7) is 3.32. The van der Waals surface area contributed by atoms with Crippen LogP contribution in [0.4, 0.5) is 0 Å². The molecule has 0 unspecified atom stereocenters. The van der Waals surface area contributed by atoms with E-state index in [-0.39, 0.29) is 18.1 Å². The van der Waals surface area contributed by atoms with Gasteiger partial charge in [0.15, 0.2) is 6.29 Å². The highest BCUT2D eigenvalue weighted by atomic mass is 16.5. The summed E-state index contributed by atoms with van der Waals surface area (Å²) in [4.78, 5) is 10.5. The largest absolute Gasteiger partial charge is 0.368 e. The molecule has 0 aliphatic rings. The Kier molecular flexibility index (Phi) is 4.23. The molecule has 0 aliphatic heterocycles. The van der Waals surface area contributed by atoms with E-state index in [0.29, 0.717) is 6.42 Å². The van der Waals surface area contributed by atoms with Gasteiger partial charge in [0.05, 0.1) is 0 Å². The maximum Gasteiger partial charge on any atom is 0.151 e. The van der Waals surface area contributed by atoms with E-state index < -0.39 is 6.29 Å². The summed E-state index contributed by atoms with van der Waals surface area (Å²) in [5, 5.41) is 17.0. The Morgan fingerprint density at radius 3 is 2.30 bits per heavy atom. The first-order valence-corrected chi connectivity index (χ1v) is 3.38. The molecule has 0 aromatic carbocycles. The molecule has 0 aliphatic carbocycles. The van der Waals surface area contributed by atoms with Crippen LogP contribution in [-0.2, 0) is 4.79 Å². The summed E-state index contributed by atoms with van der Waals surface area (Å²) in [5.41, 5.74) is 0. The first-order chi connectivity index (χ1) is 4.52. The van der Waals surface area contributed by atoms with Crippen LogP contribution < -0.4 is 0 Å². The SMILES string of the molecule is CC(=O)C[C@H](C)CC(O)O. The number of aliphatic hydroxyl groups is 2. The van der Waals surface area contributed by atoms with E-state index in [1.807, 2.05) is 6.92 Å². The zero-order valence-corrected chi connectivity index (χ0v) is 6.37.